The van der Waals surface area contributed by atoms with Crippen molar-refractivity contribution in [3.63, 3.8) is 0 Å². The van der Waals surface area contributed by atoms with Crippen molar-refractivity contribution in [3.8, 4) is 11.1 Å². The molecule has 4 heteroatoms. The molecule has 0 atom stereocenters. The van der Waals surface area contributed by atoms with Crippen LogP contribution < -0.4 is 0 Å². The molecule has 0 aromatic heterocycles. The van der Waals surface area contributed by atoms with E-state index in [4.69, 9.17) is 0 Å². The molecule has 2 amide bonds. The van der Waals surface area contributed by atoms with Crippen molar-refractivity contribution in [2.24, 2.45) is 0 Å². The lowest BCUT2D eigenvalue weighted by molar-refractivity contribution is -0.135. The molecule has 1 saturated heterocycles. The maximum absolute atomic E-state index is 12.7. The van der Waals surface area contributed by atoms with Gasteiger partial charge >= 0.3 is 0 Å². The largest absolute Gasteiger partial charge is 0.343 e. The Labute approximate surface area is 175 Å². The van der Waals surface area contributed by atoms with Gasteiger partial charge in [0.05, 0.1) is 6.42 Å². The molecule has 3 rings (SSSR count). The van der Waals surface area contributed by atoms with E-state index in [-0.39, 0.29) is 17.9 Å². The van der Waals surface area contributed by atoms with Crippen LogP contribution >= 0.6 is 0 Å². The van der Waals surface area contributed by atoms with Gasteiger partial charge in [-0.2, -0.15) is 0 Å². The van der Waals surface area contributed by atoms with Crippen molar-refractivity contribution in [2.75, 3.05) is 20.1 Å². The van der Waals surface area contributed by atoms with E-state index in [0.29, 0.717) is 12.8 Å². The topological polar surface area (TPSA) is 40.6 Å². The number of benzene rings is 2. The molecule has 0 saturated carbocycles. The zero-order chi connectivity index (χ0) is 21.2. The third kappa shape index (κ3) is 6.18. The van der Waals surface area contributed by atoms with Crippen LogP contribution in [0.5, 0.6) is 0 Å². The lowest BCUT2D eigenvalue weighted by Gasteiger charge is -2.36. The maximum Gasteiger partial charge on any atom is 0.226 e. The van der Waals surface area contributed by atoms with Crippen LogP contribution in [-0.4, -0.2) is 47.8 Å². The highest BCUT2D eigenvalue weighted by molar-refractivity contribution is 5.79. The van der Waals surface area contributed by atoms with Gasteiger partial charge in [-0.3, -0.25) is 9.59 Å². The summed E-state index contributed by atoms with van der Waals surface area (Å²) in [5.74, 6) is 0.351. The summed E-state index contributed by atoms with van der Waals surface area (Å²) in [6, 6.07) is 18.7. The molecule has 0 spiro atoms. The average molecular weight is 395 g/mol. The summed E-state index contributed by atoms with van der Waals surface area (Å²) in [6.45, 7) is 7.40. The molecule has 4 nitrogen and oxygen atoms in total. The SMILES string of the molecule is CC.CCC(=O)N1CCC(N(C)C(=O)Cc2ccc(-c3ccccc3)cc2)CC1. The van der Waals surface area contributed by atoms with Crippen LogP contribution in [0.4, 0.5) is 0 Å². The molecule has 2 aromatic rings. The maximum atomic E-state index is 12.7. The number of carbonyl (C=O) groups is 2. The Morgan fingerprint density at radius 1 is 0.931 bits per heavy atom. The number of likely N-dealkylation sites (tertiary alicyclic amines) is 1. The number of nitrogens with zero attached hydrogens (tertiary/aromatic N) is 2. The molecule has 0 radical (unpaired) electrons. The second kappa shape index (κ2) is 11.4. The molecule has 1 aliphatic rings. The lowest BCUT2D eigenvalue weighted by atomic mass is 10.0. The first-order valence-corrected chi connectivity index (χ1v) is 10.8. The predicted molar refractivity (Wildman–Crippen MR) is 120 cm³/mol. The summed E-state index contributed by atoms with van der Waals surface area (Å²) in [5, 5.41) is 0. The minimum atomic E-state index is 0.141. The van der Waals surface area contributed by atoms with Crippen molar-refractivity contribution < 1.29 is 9.59 Å². The highest BCUT2D eigenvalue weighted by atomic mass is 16.2. The molecule has 0 N–H and O–H groups in total. The van der Waals surface area contributed by atoms with Crippen LogP contribution in [0, 0.1) is 0 Å². The van der Waals surface area contributed by atoms with Gasteiger partial charge < -0.3 is 9.80 Å². The van der Waals surface area contributed by atoms with Gasteiger partial charge in [0.15, 0.2) is 0 Å². The number of piperidine rings is 1. The second-order valence-corrected chi connectivity index (χ2v) is 7.21. The lowest BCUT2D eigenvalue weighted by Crippen LogP contribution is -2.47. The normalized spacial score (nSPS) is 14.0. The third-order valence-electron chi connectivity index (χ3n) is 5.48. The van der Waals surface area contributed by atoms with Crippen molar-refractivity contribution >= 4 is 11.8 Å². The molecule has 0 unspecified atom stereocenters. The van der Waals surface area contributed by atoms with Crippen LogP contribution in [0.1, 0.15) is 45.6 Å². The highest BCUT2D eigenvalue weighted by Crippen LogP contribution is 2.21. The molecule has 0 bridgehead atoms. The number of likely N-dealkylation sites (N-methyl/N-ethyl adjacent to an activating group) is 1. The number of carbonyl (C=O) groups excluding carboxylic acids is 2. The number of rotatable bonds is 5. The quantitative estimate of drug-likeness (QED) is 0.732. The molecule has 1 heterocycles. The molecule has 2 aromatic carbocycles. The average Bonchev–Trinajstić information content (AvgIpc) is 2.80. The van der Waals surface area contributed by atoms with Gasteiger partial charge in [0.1, 0.15) is 0 Å². The van der Waals surface area contributed by atoms with Crippen LogP contribution in [0.25, 0.3) is 11.1 Å². The highest BCUT2D eigenvalue weighted by Gasteiger charge is 2.26. The van der Waals surface area contributed by atoms with E-state index in [1.165, 1.54) is 5.56 Å². The van der Waals surface area contributed by atoms with Crippen molar-refractivity contribution in [3.05, 3.63) is 60.2 Å². The van der Waals surface area contributed by atoms with Gasteiger partial charge in [0, 0.05) is 32.6 Å². The van der Waals surface area contributed by atoms with Crippen LogP contribution in [-0.2, 0) is 16.0 Å². The standard InChI is InChI=1S/C23H28N2O2.C2H6/c1-3-22(26)25-15-13-21(14-16-25)24(2)23(27)17-18-9-11-20(12-10-18)19-7-5-4-6-8-19;1-2/h4-12,21H,3,13-17H2,1-2H3;1-2H3. The van der Waals surface area contributed by atoms with E-state index in [0.717, 1.165) is 37.1 Å². The van der Waals surface area contributed by atoms with Crippen molar-refractivity contribution in [1.29, 1.82) is 0 Å². The van der Waals surface area contributed by atoms with Crippen LogP contribution in [0.2, 0.25) is 0 Å². The summed E-state index contributed by atoms with van der Waals surface area (Å²) in [7, 11) is 1.89. The molecule has 156 valence electrons. The first-order valence-electron chi connectivity index (χ1n) is 10.8. The van der Waals surface area contributed by atoms with Gasteiger partial charge in [0.25, 0.3) is 0 Å². The van der Waals surface area contributed by atoms with Gasteiger partial charge in [0.2, 0.25) is 11.8 Å². The van der Waals surface area contributed by atoms with E-state index in [1.807, 2.05) is 68.0 Å². The first-order chi connectivity index (χ1) is 14.1. The smallest absolute Gasteiger partial charge is 0.226 e. The van der Waals surface area contributed by atoms with Crippen LogP contribution in [0.3, 0.4) is 0 Å². The predicted octanol–water partition coefficient (Wildman–Crippen LogP) is 4.78. The molecule has 1 fully saturated rings. The number of amides is 2. The minimum absolute atomic E-state index is 0.141. The van der Waals surface area contributed by atoms with E-state index < -0.39 is 0 Å². The Kier molecular flexibility index (Phi) is 8.91. The van der Waals surface area contributed by atoms with Crippen molar-refractivity contribution in [1.82, 2.24) is 9.80 Å². The molecular formula is C25H34N2O2. The monoisotopic (exact) mass is 394 g/mol. The summed E-state index contributed by atoms with van der Waals surface area (Å²) in [5.41, 5.74) is 3.37. The zero-order valence-corrected chi connectivity index (χ0v) is 18.2. The Bertz CT molecular complexity index is 763. The van der Waals surface area contributed by atoms with Crippen LogP contribution in [0.15, 0.2) is 54.6 Å². The fourth-order valence-electron chi connectivity index (χ4n) is 3.67. The molecule has 0 aliphatic carbocycles. The third-order valence-corrected chi connectivity index (χ3v) is 5.48. The summed E-state index contributed by atoms with van der Waals surface area (Å²) in [6.07, 6.45) is 2.69. The van der Waals surface area contributed by atoms with E-state index >= 15 is 0 Å². The Balaban J connectivity index is 0.00000145. The Morgan fingerprint density at radius 3 is 2.03 bits per heavy atom. The first kappa shape index (κ1) is 22.7. The fraction of sp³-hybridized carbons (Fsp3) is 0.440. The van der Waals surface area contributed by atoms with Gasteiger partial charge in [-0.15, -0.1) is 0 Å². The Morgan fingerprint density at radius 2 is 1.48 bits per heavy atom. The number of hydrogen-bond acceptors (Lipinski definition) is 2. The second-order valence-electron chi connectivity index (χ2n) is 7.21. The van der Waals surface area contributed by atoms with Crippen molar-refractivity contribution in [2.45, 2.75) is 52.5 Å². The number of hydrogen-bond donors (Lipinski definition) is 0. The zero-order valence-electron chi connectivity index (χ0n) is 18.2. The molecular weight excluding hydrogens is 360 g/mol. The van der Waals surface area contributed by atoms with Gasteiger partial charge in [-0.25, -0.2) is 0 Å². The molecule has 29 heavy (non-hydrogen) atoms. The summed E-state index contributed by atoms with van der Waals surface area (Å²) >= 11 is 0. The van der Waals surface area contributed by atoms with E-state index in [1.54, 1.807) is 0 Å². The van der Waals surface area contributed by atoms with E-state index in [9.17, 15) is 9.59 Å². The summed E-state index contributed by atoms with van der Waals surface area (Å²) in [4.78, 5) is 28.3. The minimum Gasteiger partial charge on any atom is -0.343 e. The Hall–Kier alpha value is -2.62. The van der Waals surface area contributed by atoms with Gasteiger partial charge in [-0.05, 0) is 29.5 Å². The van der Waals surface area contributed by atoms with E-state index in [2.05, 4.69) is 24.3 Å². The van der Waals surface area contributed by atoms with Gasteiger partial charge in [-0.1, -0.05) is 75.4 Å². The molecule has 1 aliphatic heterocycles. The fourth-order valence-corrected chi connectivity index (χ4v) is 3.67. The summed E-state index contributed by atoms with van der Waals surface area (Å²) < 4.78 is 0.